The minimum Gasteiger partial charge on any atom is -0.497 e. The van der Waals surface area contributed by atoms with Crippen LogP contribution >= 0.6 is 0 Å². The minimum atomic E-state index is -1.82. The van der Waals surface area contributed by atoms with E-state index >= 15 is 0 Å². The lowest BCUT2D eigenvalue weighted by molar-refractivity contribution is -0.159. The summed E-state index contributed by atoms with van der Waals surface area (Å²) < 4.78 is 21.2. The molecule has 0 saturated carbocycles. The van der Waals surface area contributed by atoms with Gasteiger partial charge in [0, 0.05) is 12.1 Å². The Bertz CT molecular complexity index is 826. The lowest BCUT2D eigenvalue weighted by atomic mass is 10.1. The number of methoxy groups -OCH3 is 4. The molecule has 0 saturated heterocycles. The first-order chi connectivity index (χ1) is 14.4. The molecule has 9 nitrogen and oxygen atoms in total. The van der Waals surface area contributed by atoms with Gasteiger partial charge in [-0.15, -0.1) is 0 Å². The van der Waals surface area contributed by atoms with Crippen LogP contribution in [0.25, 0.3) is 0 Å². The predicted octanol–water partition coefficient (Wildman–Crippen LogP) is 2.21. The molecule has 3 N–H and O–H groups in total. The van der Waals surface area contributed by atoms with Crippen LogP contribution in [0.5, 0.6) is 23.0 Å². The van der Waals surface area contributed by atoms with Crippen LogP contribution in [0.15, 0.2) is 36.4 Å². The van der Waals surface area contributed by atoms with Crippen molar-refractivity contribution in [3.05, 3.63) is 47.5 Å². The SMILES string of the molecule is COc1ccc(OC)c(CNCCc2ccc(OC)c(OC)c2)c1.O=C(O)C(=O)O. The van der Waals surface area contributed by atoms with Gasteiger partial charge in [-0.25, -0.2) is 9.59 Å². The van der Waals surface area contributed by atoms with Gasteiger partial charge in [-0.2, -0.15) is 0 Å². The van der Waals surface area contributed by atoms with Crippen molar-refractivity contribution < 1.29 is 38.7 Å². The second-order valence-corrected chi connectivity index (χ2v) is 5.90. The molecular formula is C21H27NO8. The largest absolute Gasteiger partial charge is 0.497 e. The van der Waals surface area contributed by atoms with Crippen molar-refractivity contribution in [2.45, 2.75) is 13.0 Å². The predicted molar refractivity (Wildman–Crippen MR) is 110 cm³/mol. The fourth-order valence-corrected chi connectivity index (χ4v) is 2.51. The Balaban J connectivity index is 0.000000656. The summed E-state index contributed by atoms with van der Waals surface area (Å²) in [5.41, 5.74) is 2.27. The van der Waals surface area contributed by atoms with Crippen LogP contribution in [-0.4, -0.2) is 57.1 Å². The van der Waals surface area contributed by atoms with E-state index in [1.54, 1.807) is 28.4 Å². The monoisotopic (exact) mass is 421 g/mol. The molecule has 0 spiro atoms. The van der Waals surface area contributed by atoms with Gasteiger partial charge in [-0.3, -0.25) is 0 Å². The van der Waals surface area contributed by atoms with E-state index < -0.39 is 11.9 Å². The summed E-state index contributed by atoms with van der Waals surface area (Å²) in [4.78, 5) is 18.2. The van der Waals surface area contributed by atoms with Crippen molar-refractivity contribution in [3.8, 4) is 23.0 Å². The number of carboxylic acids is 2. The zero-order valence-corrected chi connectivity index (χ0v) is 17.4. The second-order valence-electron chi connectivity index (χ2n) is 5.90. The first-order valence-corrected chi connectivity index (χ1v) is 8.95. The van der Waals surface area contributed by atoms with E-state index in [4.69, 9.17) is 38.7 Å². The molecule has 0 aliphatic rings. The van der Waals surface area contributed by atoms with Crippen molar-refractivity contribution in [2.75, 3.05) is 35.0 Å². The number of ether oxygens (including phenoxy) is 4. The number of carbonyl (C=O) groups is 2. The van der Waals surface area contributed by atoms with E-state index in [2.05, 4.69) is 11.4 Å². The molecule has 0 radical (unpaired) electrons. The van der Waals surface area contributed by atoms with Crippen LogP contribution in [0.3, 0.4) is 0 Å². The van der Waals surface area contributed by atoms with E-state index in [0.29, 0.717) is 6.54 Å². The molecule has 2 aromatic carbocycles. The Morgan fingerprint density at radius 1 is 0.800 bits per heavy atom. The highest BCUT2D eigenvalue weighted by atomic mass is 16.5. The van der Waals surface area contributed by atoms with Gasteiger partial charge in [0.1, 0.15) is 11.5 Å². The molecule has 0 aromatic heterocycles. The summed E-state index contributed by atoms with van der Waals surface area (Å²) in [6.07, 6.45) is 0.895. The smallest absolute Gasteiger partial charge is 0.414 e. The topological polar surface area (TPSA) is 124 Å². The maximum Gasteiger partial charge on any atom is 0.414 e. The number of hydrogen-bond acceptors (Lipinski definition) is 7. The lowest BCUT2D eigenvalue weighted by Gasteiger charge is -2.12. The van der Waals surface area contributed by atoms with Crippen LogP contribution in [-0.2, 0) is 22.6 Å². The second kappa shape index (κ2) is 12.9. The van der Waals surface area contributed by atoms with Crippen molar-refractivity contribution in [3.63, 3.8) is 0 Å². The van der Waals surface area contributed by atoms with Crippen molar-refractivity contribution in [1.29, 1.82) is 0 Å². The van der Waals surface area contributed by atoms with E-state index in [1.165, 1.54) is 5.56 Å². The van der Waals surface area contributed by atoms with E-state index in [9.17, 15) is 0 Å². The molecule has 0 bridgehead atoms. The van der Waals surface area contributed by atoms with Crippen molar-refractivity contribution in [1.82, 2.24) is 5.32 Å². The van der Waals surface area contributed by atoms with Gasteiger partial charge in [0.25, 0.3) is 0 Å². The lowest BCUT2D eigenvalue weighted by Crippen LogP contribution is -2.17. The highest BCUT2D eigenvalue weighted by Crippen LogP contribution is 2.27. The first-order valence-electron chi connectivity index (χ1n) is 8.95. The normalized spacial score (nSPS) is 9.73. The first kappa shape index (κ1) is 24.6. The molecule has 0 amide bonds. The maximum atomic E-state index is 9.10. The molecule has 30 heavy (non-hydrogen) atoms. The van der Waals surface area contributed by atoms with Crippen LogP contribution in [0.4, 0.5) is 0 Å². The average molecular weight is 421 g/mol. The molecule has 164 valence electrons. The molecule has 0 aliphatic carbocycles. The minimum absolute atomic E-state index is 0.716. The average Bonchev–Trinajstić information content (AvgIpc) is 2.76. The summed E-state index contributed by atoms with van der Waals surface area (Å²) in [6.45, 7) is 1.56. The van der Waals surface area contributed by atoms with E-state index in [-0.39, 0.29) is 0 Å². The van der Waals surface area contributed by atoms with Gasteiger partial charge in [0.05, 0.1) is 28.4 Å². The summed E-state index contributed by atoms with van der Waals surface area (Å²) >= 11 is 0. The van der Waals surface area contributed by atoms with Gasteiger partial charge >= 0.3 is 11.9 Å². The molecule has 2 aromatic rings. The number of aliphatic carboxylic acids is 2. The fourth-order valence-electron chi connectivity index (χ4n) is 2.51. The third-order valence-corrected chi connectivity index (χ3v) is 4.02. The van der Waals surface area contributed by atoms with Crippen LogP contribution in [0.1, 0.15) is 11.1 Å². The highest BCUT2D eigenvalue weighted by Gasteiger charge is 2.07. The van der Waals surface area contributed by atoms with E-state index in [0.717, 1.165) is 41.5 Å². The van der Waals surface area contributed by atoms with Gasteiger partial charge in [-0.1, -0.05) is 6.07 Å². The molecule has 0 aliphatic heterocycles. The van der Waals surface area contributed by atoms with Crippen LogP contribution in [0.2, 0.25) is 0 Å². The number of benzene rings is 2. The molecule has 0 atom stereocenters. The van der Waals surface area contributed by atoms with Gasteiger partial charge < -0.3 is 34.5 Å². The summed E-state index contributed by atoms with van der Waals surface area (Å²) in [5, 5.41) is 18.2. The number of carboxylic acid groups (broad SMARTS) is 2. The quantitative estimate of drug-likeness (QED) is 0.413. The van der Waals surface area contributed by atoms with Gasteiger partial charge in [0.15, 0.2) is 11.5 Å². The molecular weight excluding hydrogens is 394 g/mol. The molecule has 2 rings (SSSR count). The molecule has 9 heteroatoms. The van der Waals surface area contributed by atoms with Crippen LogP contribution in [0, 0.1) is 0 Å². The Morgan fingerprint density at radius 2 is 1.40 bits per heavy atom. The van der Waals surface area contributed by atoms with E-state index in [1.807, 2.05) is 30.3 Å². The number of nitrogens with one attached hydrogen (secondary N) is 1. The van der Waals surface area contributed by atoms with Crippen molar-refractivity contribution in [2.24, 2.45) is 0 Å². The Kier molecular flexibility index (Phi) is 10.6. The summed E-state index contributed by atoms with van der Waals surface area (Å²) in [7, 11) is 6.63. The maximum absolute atomic E-state index is 9.10. The molecule has 0 fully saturated rings. The molecule has 0 heterocycles. The summed E-state index contributed by atoms with van der Waals surface area (Å²) in [6, 6.07) is 11.8. The van der Waals surface area contributed by atoms with Crippen LogP contribution < -0.4 is 24.3 Å². The standard InChI is InChI=1S/C19H25NO4.C2H2O4/c1-21-16-6-8-17(22-2)15(12-16)13-20-10-9-14-5-7-18(23-3)19(11-14)24-4;3-1(4)2(5)6/h5-8,11-12,20H,9-10,13H2,1-4H3;(H,3,4)(H,5,6). The Hall–Kier alpha value is -3.46. The Morgan fingerprint density at radius 3 is 1.93 bits per heavy atom. The fraction of sp³-hybridized carbons (Fsp3) is 0.333. The van der Waals surface area contributed by atoms with Gasteiger partial charge in [0.2, 0.25) is 0 Å². The summed E-state index contributed by atoms with van der Waals surface area (Å²) in [5.74, 6) is -0.466. The molecule has 0 unspecified atom stereocenters. The number of hydrogen-bond donors (Lipinski definition) is 3. The van der Waals surface area contributed by atoms with Crippen molar-refractivity contribution >= 4 is 11.9 Å². The highest BCUT2D eigenvalue weighted by molar-refractivity contribution is 6.27. The third-order valence-electron chi connectivity index (χ3n) is 4.02. The number of rotatable bonds is 9. The third kappa shape index (κ3) is 7.88. The zero-order valence-electron chi connectivity index (χ0n) is 17.4. The van der Waals surface area contributed by atoms with Gasteiger partial charge in [-0.05, 0) is 48.9 Å². The Labute approximate surface area is 175 Å². The zero-order chi connectivity index (χ0) is 22.5.